The minimum absolute atomic E-state index is 0.0260. The molecule has 80 valence electrons. The Morgan fingerprint density at radius 3 is 3.00 bits per heavy atom. The third-order valence-electron chi connectivity index (χ3n) is 2.56. The Balaban J connectivity index is 2.57. The maximum Gasteiger partial charge on any atom is 0.246 e. The lowest BCUT2D eigenvalue weighted by atomic mass is 10.1. The number of rotatable bonds is 2. The Morgan fingerprint density at radius 2 is 2.36 bits per heavy atom. The van der Waals surface area contributed by atoms with Gasteiger partial charge in [-0.25, -0.2) is 0 Å². The second-order valence-corrected chi connectivity index (χ2v) is 3.49. The molecule has 1 rings (SSSR count). The number of hydrogen-bond donors (Lipinski definition) is 1. The van der Waals surface area contributed by atoms with E-state index < -0.39 is 0 Å². The molecule has 1 fully saturated rings. The van der Waals surface area contributed by atoms with Gasteiger partial charge in [0.15, 0.2) is 0 Å². The first-order valence-corrected chi connectivity index (χ1v) is 4.95. The van der Waals surface area contributed by atoms with E-state index in [4.69, 9.17) is 10.5 Å². The van der Waals surface area contributed by atoms with Crippen molar-refractivity contribution in [3.63, 3.8) is 0 Å². The normalized spacial score (nSPS) is 28.4. The summed E-state index contributed by atoms with van der Waals surface area (Å²) in [6, 6.07) is 0.138. The first-order chi connectivity index (χ1) is 6.66. The van der Waals surface area contributed by atoms with Crippen molar-refractivity contribution in [2.24, 2.45) is 5.73 Å². The van der Waals surface area contributed by atoms with Crippen molar-refractivity contribution in [2.45, 2.75) is 26.0 Å². The summed E-state index contributed by atoms with van der Waals surface area (Å²) < 4.78 is 5.43. The van der Waals surface area contributed by atoms with E-state index in [1.54, 1.807) is 6.08 Å². The highest BCUT2D eigenvalue weighted by atomic mass is 16.5. The fourth-order valence-corrected chi connectivity index (χ4v) is 1.51. The zero-order chi connectivity index (χ0) is 10.6. The third-order valence-corrected chi connectivity index (χ3v) is 2.56. The molecule has 14 heavy (non-hydrogen) atoms. The molecule has 0 saturated carbocycles. The van der Waals surface area contributed by atoms with Crippen LogP contribution in [0.15, 0.2) is 12.2 Å². The van der Waals surface area contributed by atoms with E-state index in [9.17, 15) is 4.79 Å². The molecular weight excluding hydrogens is 180 g/mol. The molecule has 2 atom stereocenters. The quantitative estimate of drug-likeness (QED) is 0.642. The fourth-order valence-electron chi connectivity index (χ4n) is 1.51. The molecule has 0 spiro atoms. The highest BCUT2D eigenvalue weighted by molar-refractivity contribution is 5.87. The minimum Gasteiger partial charge on any atom is -0.375 e. The molecule has 1 saturated heterocycles. The van der Waals surface area contributed by atoms with Crippen molar-refractivity contribution >= 4 is 5.91 Å². The van der Waals surface area contributed by atoms with Crippen LogP contribution in [-0.4, -0.2) is 42.6 Å². The van der Waals surface area contributed by atoms with Crippen molar-refractivity contribution in [1.82, 2.24) is 4.90 Å². The second-order valence-electron chi connectivity index (χ2n) is 3.49. The molecular formula is C10H18N2O2. The van der Waals surface area contributed by atoms with Gasteiger partial charge in [-0.1, -0.05) is 6.08 Å². The van der Waals surface area contributed by atoms with Gasteiger partial charge in [0, 0.05) is 19.2 Å². The van der Waals surface area contributed by atoms with Crippen LogP contribution in [0.1, 0.15) is 13.8 Å². The first kappa shape index (κ1) is 11.2. The van der Waals surface area contributed by atoms with Gasteiger partial charge in [-0.2, -0.15) is 0 Å². The van der Waals surface area contributed by atoms with Crippen molar-refractivity contribution in [1.29, 1.82) is 0 Å². The number of nitrogens with zero attached hydrogens (tertiary/aromatic N) is 1. The Kier molecular flexibility index (Phi) is 4.10. The summed E-state index contributed by atoms with van der Waals surface area (Å²) in [6.07, 6.45) is 3.32. The molecule has 0 aliphatic carbocycles. The highest BCUT2D eigenvalue weighted by Gasteiger charge is 2.27. The zero-order valence-electron chi connectivity index (χ0n) is 8.77. The molecule has 1 amide bonds. The third kappa shape index (κ3) is 2.56. The van der Waals surface area contributed by atoms with Crippen LogP contribution >= 0.6 is 0 Å². The lowest BCUT2D eigenvalue weighted by Crippen LogP contribution is -2.50. The minimum atomic E-state index is 0.0260. The maximum atomic E-state index is 11.6. The Hall–Kier alpha value is -0.870. The van der Waals surface area contributed by atoms with Crippen molar-refractivity contribution in [2.75, 3.05) is 19.7 Å². The average Bonchev–Trinajstić information content (AvgIpc) is 2.18. The van der Waals surface area contributed by atoms with Crippen LogP contribution < -0.4 is 5.73 Å². The highest BCUT2D eigenvalue weighted by Crippen LogP contribution is 2.13. The number of morpholine rings is 1. The SMILES string of the molecule is CC1OCCN(C(=O)/C=C/CN)C1C. The lowest BCUT2D eigenvalue weighted by Gasteiger charge is -2.37. The molecule has 4 heteroatoms. The van der Waals surface area contributed by atoms with Crippen molar-refractivity contribution < 1.29 is 9.53 Å². The molecule has 2 unspecified atom stereocenters. The van der Waals surface area contributed by atoms with E-state index >= 15 is 0 Å². The molecule has 2 N–H and O–H groups in total. The Morgan fingerprint density at radius 1 is 1.64 bits per heavy atom. The summed E-state index contributed by atoms with van der Waals surface area (Å²) in [5.41, 5.74) is 5.29. The van der Waals surface area contributed by atoms with Gasteiger partial charge < -0.3 is 15.4 Å². The fraction of sp³-hybridized carbons (Fsp3) is 0.700. The largest absolute Gasteiger partial charge is 0.375 e. The summed E-state index contributed by atoms with van der Waals surface area (Å²) in [7, 11) is 0. The van der Waals surface area contributed by atoms with E-state index in [2.05, 4.69) is 0 Å². The van der Waals surface area contributed by atoms with Crippen LogP contribution in [0, 0.1) is 0 Å². The van der Waals surface area contributed by atoms with E-state index in [1.165, 1.54) is 6.08 Å². The number of ether oxygens (including phenoxy) is 1. The number of carbonyl (C=O) groups is 1. The maximum absolute atomic E-state index is 11.6. The molecule has 0 radical (unpaired) electrons. The van der Waals surface area contributed by atoms with Crippen molar-refractivity contribution in [3.8, 4) is 0 Å². The second kappa shape index (κ2) is 5.12. The van der Waals surface area contributed by atoms with E-state index in [0.29, 0.717) is 19.7 Å². The van der Waals surface area contributed by atoms with Gasteiger partial charge in [0.2, 0.25) is 5.91 Å². The molecule has 4 nitrogen and oxygen atoms in total. The van der Waals surface area contributed by atoms with Crippen LogP contribution in [0.2, 0.25) is 0 Å². The number of nitrogens with two attached hydrogens (primary N) is 1. The Labute approximate surface area is 84.7 Å². The summed E-state index contributed by atoms with van der Waals surface area (Å²) in [5, 5.41) is 0. The summed E-state index contributed by atoms with van der Waals surface area (Å²) >= 11 is 0. The molecule has 0 aromatic carbocycles. The van der Waals surface area contributed by atoms with E-state index in [0.717, 1.165) is 0 Å². The average molecular weight is 198 g/mol. The predicted octanol–water partition coefficient (Wildman–Crippen LogP) is 0.137. The topological polar surface area (TPSA) is 55.6 Å². The van der Waals surface area contributed by atoms with Crippen molar-refractivity contribution in [3.05, 3.63) is 12.2 Å². The summed E-state index contributed by atoms with van der Waals surface area (Å²) in [4.78, 5) is 13.5. The summed E-state index contributed by atoms with van der Waals surface area (Å²) in [6.45, 7) is 5.67. The zero-order valence-corrected chi connectivity index (χ0v) is 8.77. The molecule has 0 bridgehead atoms. The van der Waals surface area contributed by atoms with Crippen LogP contribution in [0.25, 0.3) is 0 Å². The van der Waals surface area contributed by atoms with E-state index in [1.807, 2.05) is 18.7 Å². The van der Waals surface area contributed by atoms with Gasteiger partial charge in [0.25, 0.3) is 0 Å². The first-order valence-electron chi connectivity index (χ1n) is 4.95. The molecule has 1 aliphatic heterocycles. The smallest absolute Gasteiger partial charge is 0.246 e. The van der Waals surface area contributed by atoms with Crippen LogP contribution in [0.4, 0.5) is 0 Å². The van der Waals surface area contributed by atoms with Gasteiger partial charge in [-0.05, 0) is 13.8 Å². The van der Waals surface area contributed by atoms with Gasteiger partial charge in [-0.15, -0.1) is 0 Å². The molecule has 0 aromatic rings. The van der Waals surface area contributed by atoms with Gasteiger partial charge in [0.05, 0.1) is 18.8 Å². The monoisotopic (exact) mass is 198 g/mol. The van der Waals surface area contributed by atoms with E-state index in [-0.39, 0.29) is 18.1 Å². The van der Waals surface area contributed by atoms with Crippen LogP contribution in [0.5, 0.6) is 0 Å². The predicted molar refractivity (Wildman–Crippen MR) is 54.8 cm³/mol. The van der Waals surface area contributed by atoms with Gasteiger partial charge >= 0.3 is 0 Å². The number of carbonyl (C=O) groups excluding carboxylic acids is 1. The summed E-state index contributed by atoms with van der Waals surface area (Å²) in [5.74, 6) is 0.0260. The molecule has 1 aliphatic rings. The standard InChI is InChI=1S/C10H18N2O2/c1-8-9(2)14-7-6-12(8)10(13)4-3-5-11/h3-4,8-9H,5-7,11H2,1-2H3/b4-3+. The number of amides is 1. The lowest BCUT2D eigenvalue weighted by molar-refractivity contribution is -0.138. The molecule has 0 aromatic heterocycles. The Bertz CT molecular complexity index is 228. The van der Waals surface area contributed by atoms with Gasteiger partial charge in [-0.3, -0.25) is 4.79 Å². The van der Waals surface area contributed by atoms with Gasteiger partial charge in [0.1, 0.15) is 0 Å². The number of hydrogen-bond acceptors (Lipinski definition) is 3. The van der Waals surface area contributed by atoms with Crippen LogP contribution in [-0.2, 0) is 9.53 Å². The van der Waals surface area contributed by atoms with Crippen LogP contribution in [0.3, 0.4) is 0 Å². The molecule has 1 heterocycles.